The summed E-state index contributed by atoms with van der Waals surface area (Å²) in [7, 11) is 1.55. The van der Waals surface area contributed by atoms with Gasteiger partial charge in [-0.15, -0.1) is 0 Å². The molecule has 9 heteroatoms. The molecular formula is C22H26ClN3O5. The summed E-state index contributed by atoms with van der Waals surface area (Å²) in [5, 5.41) is 1.28. The van der Waals surface area contributed by atoms with E-state index in [1.54, 1.807) is 43.3 Å². The van der Waals surface area contributed by atoms with Crippen LogP contribution in [-0.4, -0.2) is 72.5 Å². The number of nitrogens with zero attached hydrogens (tertiary/aromatic N) is 3. The van der Waals surface area contributed by atoms with Gasteiger partial charge in [-0.05, 0) is 44.0 Å². The summed E-state index contributed by atoms with van der Waals surface area (Å²) in [6.07, 6.45) is 3.06. The second-order valence-corrected chi connectivity index (χ2v) is 7.82. The molecule has 0 N–H and O–H groups in total. The van der Waals surface area contributed by atoms with E-state index in [0.29, 0.717) is 42.4 Å². The Labute approximate surface area is 186 Å². The number of likely N-dealkylation sites (tertiary alicyclic amines) is 1. The fourth-order valence-corrected chi connectivity index (χ4v) is 3.74. The van der Waals surface area contributed by atoms with Crippen molar-refractivity contribution in [2.45, 2.75) is 19.8 Å². The first-order valence-corrected chi connectivity index (χ1v) is 10.6. The smallest absolute Gasteiger partial charge is 0.310 e. The molecule has 1 fully saturated rings. The van der Waals surface area contributed by atoms with E-state index in [1.165, 1.54) is 4.90 Å². The molecule has 1 atom stereocenters. The number of carbonyl (C=O) groups is 3. The molecule has 31 heavy (non-hydrogen) atoms. The van der Waals surface area contributed by atoms with Gasteiger partial charge in [-0.1, -0.05) is 11.6 Å². The molecule has 1 aromatic carbocycles. The van der Waals surface area contributed by atoms with E-state index in [2.05, 4.69) is 4.98 Å². The minimum absolute atomic E-state index is 0.0860. The topological polar surface area (TPSA) is 89.0 Å². The van der Waals surface area contributed by atoms with Crippen molar-refractivity contribution in [2.24, 2.45) is 5.92 Å². The first kappa shape index (κ1) is 22.8. The van der Waals surface area contributed by atoms with Crippen LogP contribution in [0.2, 0.25) is 5.02 Å². The monoisotopic (exact) mass is 447 g/mol. The molecule has 1 unspecified atom stereocenters. The van der Waals surface area contributed by atoms with Crippen molar-refractivity contribution in [3.63, 3.8) is 0 Å². The average molecular weight is 448 g/mol. The van der Waals surface area contributed by atoms with Gasteiger partial charge in [-0.3, -0.25) is 19.4 Å². The standard InChI is InChI=1S/C22H26ClN3O5/c1-3-30-22(29)15-6-5-11-26(12-15)19(27)13-25(2)20(28)14-31-18-9-8-17(23)16-7-4-10-24-21(16)18/h4,7-10,15H,3,5-6,11-14H2,1-2H3. The molecule has 1 aliphatic rings. The van der Waals surface area contributed by atoms with Crippen molar-refractivity contribution in [1.82, 2.24) is 14.8 Å². The number of likely N-dealkylation sites (N-methyl/N-ethyl adjacent to an activating group) is 1. The van der Waals surface area contributed by atoms with Gasteiger partial charge in [-0.25, -0.2) is 0 Å². The Morgan fingerprint density at radius 3 is 2.87 bits per heavy atom. The van der Waals surface area contributed by atoms with Crippen LogP contribution in [0.1, 0.15) is 19.8 Å². The Bertz CT molecular complexity index is 967. The van der Waals surface area contributed by atoms with E-state index < -0.39 is 0 Å². The lowest BCUT2D eigenvalue weighted by molar-refractivity contribution is -0.152. The molecule has 1 aliphatic heterocycles. The first-order chi connectivity index (χ1) is 14.9. The summed E-state index contributed by atoms with van der Waals surface area (Å²) >= 11 is 6.18. The van der Waals surface area contributed by atoms with E-state index in [-0.39, 0.29) is 36.9 Å². The Balaban J connectivity index is 1.54. The largest absolute Gasteiger partial charge is 0.481 e. The van der Waals surface area contributed by atoms with Crippen molar-refractivity contribution >= 4 is 40.3 Å². The van der Waals surface area contributed by atoms with Crippen LogP contribution < -0.4 is 4.74 Å². The third-order valence-electron chi connectivity index (χ3n) is 5.22. The third-order valence-corrected chi connectivity index (χ3v) is 5.55. The van der Waals surface area contributed by atoms with Gasteiger partial charge < -0.3 is 19.3 Å². The number of hydrogen-bond donors (Lipinski definition) is 0. The van der Waals surface area contributed by atoms with E-state index in [0.717, 1.165) is 11.8 Å². The average Bonchev–Trinajstić information content (AvgIpc) is 2.78. The fourth-order valence-electron chi connectivity index (χ4n) is 3.53. The molecule has 3 rings (SSSR count). The highest BCUT2D eigenvalue weighted by molar-refractivity contribution is 6.35. The van der Waals surface area contributed by atoms with Crippen LogP contribution in [0.15, 0.2) is 30.5 Å². The van der Waals surface area contributed by atoms with Gasteiger partial charge in [0.25, 0.3) is 5.91 Å². The molecule has 0 spiro atoms. The molecular weight excluding hydrogens is 422 g/mol. The molecule has 0 saturated carbocycles. The molecule has 8 nitrogen and oxygen atoms in total. The van der Waals surface area contributed by atoms with Gasteiger partial charge in [0.05, 0.1) is 24.1 Å². The number of hydrogen-bond acceptors (Lipinski definition) is 6. The van der Waals surface area contributed by atoms with Crippen molar-refractivity contribution in [3.05, 3.63) is 35.5 Å². The summed E-state index contributed by atoms with van der Waals surface area (Å²) in [5.74, 6) is -0.689. The van der Waals surface area contributed by atoms with Gasteiger partial charge in [0, 0.05) is 31.7 Å². The first-order valence-electron chi connectivity index (χ1n) is 10.2. The highest BCUT2D eigenvalue weighted by Gasteiger charge is 2.30. The Morgan fingerprint density at radius 2 is 2.10 bits per heavy atom. The summed E-state index contributed by atoms with van der Waals surface area (Å²) in [6, 6.07) is 6.95. The number of fused-ring (bicyclic) bond motifs is 1. The zero-order valence-corrected chi connectivity index (χ0v) is 18.4. The van der Waals surface area contributed by atoms with Gasteiger partial charge in [0.1, 0.15) is 11.3 Å². The van der Waals surface area contributed by atoms with Crippen LogP contribution in [0.3, 0.4) is 0 Å². The van der Waals surface area contributed by atoms with Gasteiger partial charge in [-0.2, -0.15) is 0 Å². The summed E-state index contributed by atoms with van der Waals surface area (Å²) < 4.78 is 10.7. The maximum Gasteiger partial charge on any atom is 0.310 e. The molecule has 166 valence electrons. The second-order valence-electron chi connectivity index (χ2n) is 7.41. The van der Waals surface area contributed by atoms with Crippen molar-refractivity contribution in [3.8, 4) is 5.75 Å². The quantitative estimate of drug-likeness (QED) is 0.606. The highest BCUT2D eigenvalue weighted by Crippen LogP contribution is 2.29. The maximum atomic E-state index is 12.6. The number of benzene rings is 1. The molecule has 0 radical (unpaired) electrons. The lowest BCUT2D eigenvalue weighted by Gasteiger charge is -2.32. The number of piperidine rings is 1. The van der Waals surface area contributed by atoms with E-state index in [1.807, 2.05) is 6.07 Å². The summed E-state index contributed by atoms with van der Waals surface area (Å²) in [4.78, 5) is 44.3. The minimum atomic E-state index is -0.341. The molecule has 0 bridgehead atoms. The second kappa shape index (κ2) is 10.4. The lowest BCUT2D eigenvalue weighted by atomic mass is 9.98. The van der Waals surface area contributed by atoms with Crippen LogP contribution in [0, 0.1) is 5.92 Å². The van der Waals surface area contributed by atoms with E-state index in [4.69, 9.17) is 21.1 Å². The van der Waals surface area contributed by atoms with E-state index >= 15 is 0 Å². The fraction of sp³-hybridized carbons (Fsp3) is 0.455. The van der Waals surface area contributed by atoms with Crippen LogP contribution in [-0.2, 0) is 19.1 Å². The molecule has 2 amide bonds. The SMILES string of the molecule is CCOC(=O)C1CCCN(C(=O)CN(C)C(=O)COc2ccc(Cl)c3cccnc23)C1. The lowest BCUT2D eigenvalue weighted by Crippen LogP contribution is -2.47. The van der Waals surface area contributed by atoms with Crippen LogP contribution >= 0.6 is 11.6 Å². The molecule has 1 saturated heterocycles. The normalized spacial score (nSPS) is 16.1. The summed E-state index contributed by atoms with van der Waals surface area (Å²) in [6.45, 7) is 2.64. The Hall–Kier alpha value is -2.87. The minimum Gasteiger partial charge on any atom is -0.481 e. The van der Waals surface area contributed by atoms with Crippen LogP contribution in [0.4, 0.5) is 0 Å². The molecule has 2 heterocycles. The molecule has 0 aliphatic carbocycles. The zero-order chi connectivity index (χ0) is 22.4. The van der Waals surface area contributed by atoms with Gasteiger partial charge in [0.2, 0.25) is 5.91 Å². The predicted octanol–water partition coefficient (Wildman–Crippen LogP) is 2.53. The van der Waals surface area contributed by atoms with Crippen LogP contribution in [0.25, 0.3) is 10.9 Å². The van der Waals surface area contributed by atoms with E-state index in [9.17, 15) is 14.4 Å². The number of ether oxygens (including phenoxy) is 2. The van der Waals surface area contributed by atoms with Crippen LogP contribution in [0.5, 0.6) is 5.75 Å². The van der Waals surface area contributed by atoms with Crippen molar-refractivity contribution in [1.29, 1.82) is 0 Å². The van der Waals surface area contributed by atoms with Crippen molar-refractivity contribution in [2.75, 3.05) is 39.9 Å². The Kier molecular flexibility index (Phi) is 7.68. The number of amides is 2. The van der Waals surface area contributed by atoms with Gasteiger partial charge >= 0.3 is 5.97 Å². The molecule has 2 aromatic rings. The predicted molar refractivity (Wildman–Crippen MR) is 116 cm³/mol. The zero-order valence-electron chi connectivity index (χ0n) is 17.7. The number of pyridine rings is 1. The molecule has 1 aromatic heterocycles. The number of esters is 1. The number of halogens is 1. The third kappa shape index (κ3) is 5.64. The maximum absolute atomic E-state index is 12.6. The number of rotatable bonds is 7. The van der Waals surface area contributed by atoms with Crippen molar-refractivity contribution < 1.29 is 23.9 Å². The summed E-state index contributed by atoms with van der Waals surface area (Å²) in [5.41, 5.74) is 0.569. The number of aromatic nitrogens is 1. The highest BCUT2D eigenvalue weighted by atomic mass is 35.5. The number of carbonyl (C=O) groups excluding carboxylic acids is 3. The Morgan fingerprint density at radius 1 is 1.29 bits per heavy atom. The van der Waals surface area contributed by atoms with Gasteiger partial charge in [0.15, 0.2) is 6.61 Å².